The third kappa shape index (κ3) is 4.49. The summed E-state index contributed by atoms with van der Waals surface area (Å²) in [5.74, 6) is -0.108. The zero-order valence-corrected chi connectivity index (χ0v) is 17.2. The number of phenols is 1. The lowest BCUT2D eigenvalue weighted by Gasteiger charge is -2.11. The molecule has 3 aromatic rings. The molecular formula is C20H20N4O5S. The predicted molar refractivity (Wildman–Crippen MR) is 112 cm³/mol. The second-order valence-electron chi connectivity index (χ2n) is 6.22. The average molecular weight is 428 g/mol. The summed E-state index contributed by atoms with van der Waals surface area (Å²) in [6, 6.07) is 11.7. The number of aromatic amines is 1. The molecule has 0 bridgehead atoms. The number of phenolic OH excluding ortho intramolecular Hbond substituents is 1. The molecule has 0 aliphatic carbocycles. The fourth-order valence-electron chi connectivity index (χ4n) is 2.83. The summed E-state index contributed by atoms with van der Waals surface area (Å²) in [7, 11) is 2.80. The van der Waals surface area contributed by atoms with Crippen LogP contribution in [0.15, 0.2) is 42.5 Å². The Morgan fingerprint density at radius 3 is 2.60 bits per heavy atom. The Morgan fingerprint density at radius 1 is 1.20 bits per heavy atom. The molecule has 0 saturated heterocycles. The quantitative estimate of drug-likeness (QED) is 0.300. The summed E-state index contributed by atoms with van der Waals surface area (Å²) in [6.07, 6.45) is 0.0683. The minimum Gasteiger partial charge on any atom is -0.505 e. The second kappa shape index (κ2) is 9.23. The van der Waals surface area contributed by atoms with E-state index in [1.807, 2.05) is 12.1 Å². The van der Waals surface area contributed by atoms with E-state index in [1.54, 1.807) is 23.8 Å². The Kier molecular flexibility index (Phi) is 6.48. The molecular weight excluding hydrogens is 408 g/mol. The lowest BCUT2D eigenvalue weighted by molar-refractivity contribution is -0.116. The van der Waals surface area contributed by atoms with Gasteiger partial charge in [-0.1, -0.05) is 6.07 Å². The largest absolute Gasteiger partial charge is 0.505 e. The number of hydrogen-bond donors (Lipinski definition) is 3. The van der Waals surface area contributed by atoms with Gasteiger partial charge in [0.2, 0.25) is 5.91 Å². The summed E-state index contributed by atoms with van der Waals surface area (Å²) in [6.45, 7) is 0.264. The van der Waals surface area contributed by atoms with Crippen LogP contribution in [0.3, 0.4) is 0 Å². The number of ether oxygens (including phenoxy) is 2. The molecule has 0 spiro atoms. The number of anilines is 1. The van der Waals surface area contributed by atoms with Crippen LogP contribution in [0.5, 0.6) is 11.5 Å². The number of nitrogens with one attached hydrogen (secondary N) is 2. The fraction of sp³-hybridized carbons (Fsp3) is 0.200. The van der Waals surface area contributed by atoms with Gasteiger partial charge in [0.05, 0.1) is 19.9 Å². The molecule has 3 rings (SSSR count). The Balaban J connectivity index is 1.72. The molecule has 0 fully saturated rings. The number of aromatic hydroxyl groups is 1. The van der Waals surface area contributed by atoms with Crippen LogP contribution in [0.25, 0.3) is 11.4 Å². The van der Waals surface area contributed by atoms with Crippen molar-refractivity contribution in [1.82, 2.24) is 14.8 Å². The molecule has 2 aromatic carbocycles. The molecule has 0 saturated carbocycles. The molecule has 0 radical (unpaired) electrons. The number of benzene rings is 2. The maximum absolute atomic E-state index is 12.4. The van der Waals surface area contributed by atoms with Crippen molar-refractivity contribution in [3.63, 3.8) is 0 Å². The van der Waals surface area contributed by atoms with Crippen molar-refractivity contribution in [1.29, 1.82) is 0 Å². The van der Waals surface area contributed by atoms with Crippen molar-refractivity contribution in [2.75, 3.05) is 19.5 Å². The summed E-state index contributed by atoms with van der Waals surface area (Å²) in [4.78, 5) is 24.1. The standard InChI is InChI=1S/C20H20N4O5S/c1-28-13-8-6-12(7-9-13)18-22-23-20(30)24(18)11-10-16(25)21-15-5-3-4-14(17(15)26)19(27)29-2/h3-9,26H,10-11H2,1-2H3,(H,21,25)(H,23,30). The van der Waals surface area contributed by atoms with Crippen molar-refractivity contribution in [2.24, 2.45) is 0 Å². The van der Waals surface area contributed by atoms with Crippen molar-refractivity contribution in [2.45, 2.75) is 13.0 Å². The third-order valence-electron chi connectivity index (χ3n) is 4.38. The van der Waals surface area contributed by atoms with Gasteiger partial charge in [-0.15, -0.1) is 0 Å². The smallest absolute Gasteiger partial charge is 0.341 e. The first-order valence-corrected chi connectivity index (χ1v) is 9.35. The molecule has 0 unspecified atom stereocenters. The monoisotopic (exact) mass is 428 g/mol. The highest BCUT2D eigenvalue weighted by atomic mass is 32.1. The molecule has 10 heteroatoms. The van der Waals surface area contributed by atoms with Crippen LogP contribution in [0.1, 0.15) is 16.8 Å². The van der Waals surface area contributed by atoms with Gasteiger partial charge in [0.15, 0.2) is 16.3 Å². The number of aromatic nitrogens is 3. The molecule has 0 atom stereocenters. The summed E-state index contributed by atoms with van der Waals surface area (Å²) < 4.78 is 11.9. The van der Waals surface area contributed by atoms with Gasteiger partial charge < -0.3 is 19.9 Å². The second-order valence-corrected chi connectivity index (χ2v) is 6.61. The molecule has 1 aromatic heterocycles. The minimum atomic E-state index is -0.697. The SMILES string of the molecule is COC(=O)c1cccc(NC(=O)CCn2c(-c3ccc(OC)cc3)n[nH]c2=S)c1O. The van der Waals surface area contributed by atoms with Crippen molar-refractivity contribution in [3.05, 3.63) is 52.8 Å². The topological polar surface area (TPSA) is 118 Å². The van der Waals surface area contributed by atoms with Crippen LogP contribution in [0.2, 0.25) is 0 Å². The van der Waals surface area contributed by atoms with E-state index in [0.29, 0.717) is 16.3 Å². The molecule has 1 amide bonds. The molecule has 1 heterocycles. The lowest BCUT2D eigenvalue weighted by atomic mass is 10.1. The predicted octanol–water partition coefficient (Wildman–Crippen LogP) is 3.14. The Morgan fingerprint density at radius 2 is 1.93 bits per heavy atom. The van der Waals surface area contributed by atoms with Crippen molar-refractivity contribution < 1.29 is 24.2 Å². The first kappa shape index (κ1) is 21.1. The van der Waals surface area contributed by atoms with Gasteiger partial charge in [-0.2, -0.15) is 5.10 Å². The Hall–Kier alpha value is -3.66. The lowest BCUT2D eigenvalue weighted by Crippen LogP contribution is -2.15. The highest BCUT2D eigenvalue weighted by Gasteiger charge is 2.16. The number of hydrogen-bond acceptors (Lipinski definition) is 7. The van der Waals surface area contributed by atoms with Gasteiger partial charge >= 0.3 is 5.97 Å². The number of carbonyl (C=O) groups excluding carboxylic acids is 2. The molecule has 156 valence electrons. The molecule has 0 aliphatic heterocycles. The van der Waals surface area contributed by atoms with E-state index in [9.17, 15) is 14.7 Å². The van der Waals surface area contributed by atoms with Crippen LogP contribution < -0.4 is 10.1 Å². The van der Waals surface area contributed by atoms with E-state index in [2.05, 4.69) is 20.3 Å². The van der Waals surface area contributed by atoms with Gasteiger partial charge in [0.1, 0.15) is 11.3 Å². The number of amides is 1. The fourth-order valence-corrected chi connectivity index (χ4v) is 3.05. The number of nitrogens with zero attached hydrogens (tertiary/aromatic N) is 2. The van der Waals surface area contributed by atoms with Crippen LogP contribution in [-0.4, -0.2) is 46.0 Å². The first-order valence-electron chi connectivity index (χ1n) is 8.94. The number of para-hydroxylation sites is 1. The van der Waals surface area contributed by atoms with E-state index in [0.717, 1.165) is 5.56 Å². The van der Waals surface area contributed by atoms with Crippen molar-refractivity contribution >= 4 is 29.8 Å². The maximum Gasteiger partial charge on any atom is 0.341 e. The molecule has 30 heavy (non-hydrogen) atoms. The normalized spacial score (nSPS) is 10.5. The molecule has 3 N–H and O–H groups in total. The van der Waals surface area contributed by atoms with E-state index in [1.165, 1.54) is 25.3 Å². The third-order valence-corrected chi connectivity index (χ3v) is 4.70. The zero-order chi connectivity index (χ0) is 21.7. The zero-order valence-electron chi connectivity index (χ0n) is 16.3. The van der Waals surface area contributed by atoms with Gasteiger partial charge in [-0.05, 0) is 48.6 Å². The van der Waals surface area contributed by atoms with Crippen LogP contribution in [0.4, 0.5) is 5.69 Å². The average Bonchev–Trinajstić information content (AvgIpc) is 3.13. The van der Waals surface area contributed by atoms with Gasteiger partial charge in [-0.3, -0.25) is 14.5 Å². The molecule has 9 nitrogen and oxygen atoms in total. The van der Waals surface area contributed by atoms with E-state index in [-0.39, 0.29) is 35.9 Å². The van der Waals surface area contributed by atoms with E-state index in [4.69, 9.17) is 17.0 Å². The number of esters is 1. The van der Waals surface area contributed by atoms with Gasteiger partial charge in [0.25, 0.3) is 0 Å². The van der Waals surface area contributed by atoms with Gasteiger partial charge in [-0.25, -0.2) is 4.79 Å². The number of methoxy groups -OCH3 is 2. The maximum atomic E-state index is 12.4. The van der Waals surface area contributed by atoms with E-state index >= 15 is 0 Å². The highest BCUT2D eigenvalue weighted by molar-refractivity contribution is 7.71. The van der Waals surface area contributed by atoms with Crippen LogP contribution in [0, 0.1) is 4.77 Å². The summed E-state index contributed by atoms with van der Waals surface area (Å²) in [5.41, 5.74) is 0.898. The summed E-state index contributed by atoms with van der Waals surface area (Å²) in [5, 5.41) is 19.8. The first-order chi connectivity index (χ1) is 14.4. The Bertz CT molecular complexity index is 1120. The van der Waals surface area contributed by atoms with E-state index < -0.39 is 5.97 Å². The number of carbonyl (C=O) groups is 2. The van der Waals surface area contributed by atoms with Crippen LogP contribution >= 0.6 is 12.2 Å². The Labute approximate surface area is 177 Å². The minimum absolute atomic E-state index is 0.0332. The van der Waals surface area contributed by atoms with Gasteiger partial charge in [0, 0.05) is 18.5 Å². The highest BCUT2D eigenvalue weighted by Crippen LogP contribution is 2.28. The summed E-state index contributed by atoms with van der Waals surface area (Å²) >= 11 is 5.28. The number of H-pyrrole nitrogens is 1. The van der Waals surface area contributed by atoms with Crippen LogP contribution in [-0.2, 0) is 16.1 Å². The number of rotatable bonds is 7. The van der Waals surface area contributed by atoms with Crippen molar-refractivity contribution in [3.8, 4) is 22.9 Å². The molecule has 0 aliphatic rings.